The molecule has 1 amide bonds. The van der Waals surface area contributed by atoms with Gasteiger partial charge in [-0.05, 0) is 29.7 Å². The van der Waals surface area contributed by atoms with Crippen LogP contribution in [-0.2, 0) is 11.3 Å². The standard InChI is InChI=1S/C17H19BrN2O/c18-15-8-4-5-13(11-15)12-20-17(21)10-9-16(19)14-6-2-1-3-7-14/h1-8,11,16H,9-10,12,19H2,(H,20,21). The van der Waals surface area contributed by atoms with Gasteiger partial charge in [-0.1, -0.05) is 58.4 Å². The third-order valence-electron chi connectivity index (χ3n) is 3.29. The minimum atomic E-state index is -0.0946. The maximum atomic E-state index is 11.9. The molecule has 21 heavy (non-hydrogen) atoms. The second-order valence-corrected chi connectivity index (χ2v) is 5.88. The van der Waals surface area contributed by atoms with Crippen LogP contribution in [0.25, 0.3) is 0 Å². The van der Waals surface area contributed by atoms with Crippen LogP contribution in [0, 0.1) is 0 Å². The number of carbonyl (C=O) groups is 1. The SMILES string of the molecule is NC(CCC(=O)NCc1cccc(Br)c1)c1ccccc1. The summed E-state index contributed by atoms with van der Waals surface area (Å²) >= 11 is 3.42. The molecule has 0 aliphatic rings. The molecule has 0 aliphatic carbocycles. The van der Waals surface area contributed by atoms with Crippen molar-refractivity contribution in [1.29, 1.82) is 0 Å². The number of rotatable bonds is 6. The molecule has 110 valence electrons. The van der Waals surface area contributed by atoms with Crippen LogP contribution in [0.3, 0.4) is 0 Å². The van der Waals surface area contributed by atoms with Crippen molar-refractivity contribution in [2.45, 2.75) is 25.4 Å². The first-order valence-electron chi connectivity index (χ1n) is 6.97. The molecular weight excluding hydrogens is 328 g/mol. The highest BCUT2D eigenvalue weighted by molar-refractivity contribution is 9.10. The Hall–Kier alpha value is -1.65. The fraction of sp³-hybridized carbons (Fsp3) is 0.235. The molecule has 0 bridgehead atoms. The van der Waals surface area contributed by atoms with Crippen molar-refractivity contribution in [1.82, 2.24) is 5.32 Å². The summed E-state index contributed by atoms with van der Waals surface area (Å²) in [5.74, 6) is 0.0290. The lowest BCUT2D eigenvalue weighted by atomic mass is 10.0. The Morgan fingerprint density at radius 1 is 1.14 bits per heavy atom. The lowest BCUT2D eigenvalue weighted by Crippen LogP contribution is -2.24. The Balaban J connectivity index is 1.75. The molecule has 1 unspecified atom stereocenters. The fourth-order valence-electron chi connectivity index (χ4n) is 2.09. The van der Waals surface area contributed by atoms with Crippen LogP contribution in [0.4, 0.5) is 0 Å². The molecule has 0 heterocycles. The molecule has 4 heteroatoms. The van der Waals surface area contributed by atoms with Gasteiger partial charge in [-0.2, -0.15) is 0 Å². The van der Waals surface area contributed by atoms with Gasteiger partial charge in [-0.3, -0.25) is 4.79 Å². The zero-order valence-corrected chi connectivity index (χ0v) is 13.3. The van der Waals surface area contributed by atoms with Gasteiger partial charge in [0.15, 0.2) is 0 Å². The third kappa shape index (κ3) is 5.33. The van der Waals surface area contributed by atoms with E-state index in [1.165, 1.54) is 0 Å². The van der Waals surface area contributed by atoms with Crippen molar-refractivity contribution < 1.29 is 4.79 Å². The van der Waals surface area contributed by atoms with Gasteiger partial charge in [0.05, 0.1) is 0 Å². The summed E-state index contributed by atoms with van der Waals surface area (Å²) < 4.78 is 1.01. The number of carbonyl (C=O) groups excluding carboxylic acids is 1. The van der Waals surface area contributed by atoms with Crippen molar-refractivity contribution in [3.8, 4) is 0 Å². The summed E-state index contributed by atoms with van der Waals surface area (Å²) in [7, 11) is 0. The molecule has 2 aromatic rings. The maximum Gasteiger partial charge on any atom is 0.220 e. The Morgan fingerprint density at radius 2 is 1.90 bits per heavy atom. The Kier molecular flexibility index (Phi) is 5.96. The molecule has 0 radical (unpaired) electrons. The summed E-state index contributed by atoms with van der Waals surface area (Å²) in [6.07, 6.45) is 1.08. The lowest BCUT2D eigenvalue weighted by molar-refractivity contribution is -0.121. The zero-order valence-electron chi connectivity index (χ0n) is 11.8. The van der Waals surface area contributed by atoms with Crippen LogP contribution < -0.4 is 11.1 Å². The van der Waals surface area contributed by atoms with Crippen molar-refractivity contribution in [3.05, 3.63) is 70.2 Å². The Labute approximate surface area is 133 Å². The van der Waals surface area contributed by atoms with Crippen LogP contribution in [-0.4, -0.2) is 5.91 Å². The van der Waals surface area contributed by atoms with Crippen molar-refractivity contribution >= 4 is 21.8 Å². The second kappa shape index (κ2) is 7.96. The monoisotopic (exact) mass is 346 g/mol. The fourth-order valence-corrected chi connectivity index (χ4v) is 2.54. The highest BCUT2D eigenvalue weighted by Gasteiger charge is 2.08. The minimum absolute atomic E-state index is 0.0290. The third-order valence-corrected chi connectivity index (χ3v) is 3.78. The number of nitrogens with one attached hydrogen (secondary N) is 1. The molecule has 3 N–H and O–H groups in total. The van der Waals surface area contributed by atoms with E-state index in [0.29, 0.717) is 19.4 Å². The molecule has 0 spiro atoms. The highest BCUT2D eigenvalue weighted by Crippen LogP contribution is 2.15. The van der Waals surface area contributed by atoms with Crippen LogP contribution in [0.5, 0.6) is 0 Å². The first-order valence-corrected chi connectivity index (χ1v) is 7.76. The first kappa shape index (κ1) is 15.7. The van der Waals surface area contributed by atoms with Gasteiger partial charge in [0.25, 0.3) is 0 Å². The van der Waals surface area contributed by atoms with E-state index in [9.17, 15) is 4.79 Å². The van der Waals surface area contributed by atoms with Gasteiger partial charge in [0, 0.05) is 23.5 Å². The van der Waals surface area contributed by atoms with E-state index >= 15 is 0 Å². The van der Waals surface area contributed by atoms with E-state index in [0.717, 1.165) is 15.6 Å². The molecule has 0 saturated carbocycles. The summed E-state index contributed by atoms with van der Waals surface area (Å²) in [6.45, 7) is 0.541. The first-order chi connectivity index (χ1) is 10.1. The van der Waals surface area contributed by atoms with Crippen molar-refractivity contribution in [2.75, 3.05) is 0 Å². The quantitative estimate of drug-likeness (QED) is 0.840. The van der Waals surface area contributed by atoms with Gasteiger partial charge < -0.3 is 11.1 Å². The Bertz CT molecular complexity index is 586. The van der Waals surface area contributed by atoms with Crippen LogP contribution >= 0.6 is 15.9 Å². The summed E-state index contributed by atoms with van der Waals surface area (Å²) in [5, 5.41) is 2.92. The molecule has 1 atom stereocenters. The molecule has 0 saturated heterocycles. The molecular formula is C17H19BrN2O. The summed E-state index contributed by atoms with van der Waals surface area (Å²) in [4.78, 5) is 11.9. The van der Waals surface area contributed by atoms with E-state index < -0.39 is 0 Å². The number of nitrogens with two attached hydrogens (primary N) is 1. The van der Waals surface area contributed by atoms with Gasteiger partial charge in [-0.15, -0.1) is 0 Å². The predicted octanol–water partition coefficient (Wildman–Crippen LogP) is 3.55. The predicted molar refractivity (Wildman–Crippen MR) is 88.6 cm³/mol. The van der Waals surface area contributed by atoms with Crippen LogP contribution in [0.1, 0.15) is 30.0 Å². The number of hydrogen-bond acceptors (Lipinski definition) is 2. The van der Waals surface area contributed by atoms with Crippen LogP contribution in [0.2, 0.25) is 0 Å². The second-order valence-electron chi connectivity index (χ2n) is 4.96. The van der Waals surface area contributed by atoms with Gasteiger partial charge >= 0.3 is 0 Å². The molecule has 0 fully saturated rings. The summed E-state index contributed by atoms with van der Waals surface area (Å²) in [6, 6.07) is 17.7. The van der Waals surface area contributed by atoms with E-state index in [-0.39, 0.29) is 11.9 Å². The average molecular weight is 347 g/mol. The number of amides is 1. The van der Waals surface area contributed by atoms with Gasteiger partial charge in [0.1, 0.15) is 0 Å². The molecule has 0 aliphatic heterocycles. The van der Waals surface area contributed by atoms with Crippen molar-refractivity contribution in [2.24, 2.45) is 5.73 Å². The van der Waals surface area contributed by atoms with Gasteiger partial charge in [-0.25, -0.2) is 0 Å². The van der Waals surface area contributed by atoms with Crippen LogP contribution in [0.15, 0.2) is 59.1 Å². The molecule has 2 aromatic carbocycles. The average Bonchev–Trinajstić information content (AvgIpc) is 2.51. The maximum absolute atomic E-state index is 11.9. The van der Waals surface area contributed by atoms with E-state index in [2.05, 4.69) is 21.2 Å². The normalized spacial score (nSPS) is 11.9. The number of halogens is 1. The van der Waals surface area contributed by atoms with E-state index in [1.807, 2.05) is 54.6 Å². The molecule has 2 rings (SSSR count). The van der Waals surface area contributed by atoms with Gasteiger partial charge in [0.2, 0.25) is 5.91 Å². The topological polar surface area (TPSA) is 55.1 Å². The number of benzene rings is 2. The van der Waals surface area contributed by atoms with E-state index in [4.69, 9.17) is 5.73 Å². The summed E-state index contributed by atoms with van der Waals surface area (Å²) in [5.41, 5.74) is 8.23. The Morgan fingerprint density at radius 3 is 2.62 bits per heavy atom. The number of hydrogen-bond donors (Lipinski definition) is 2. The largest absolute Gasteiger partial charge is 0.352 e. The zero-order chi connectivity index (χ0) is 15.1. The van der Waals surface area contributed by atoms with Crippen molar-refractivity contribution in [3.63, 3.8) is 0 Å². The highest BCUT2D eigenvalue weighted by atomic mass is 79.9. The lowest BCUT2D eigenvalue weighted by Gasteiger charge is -2.12. The molecule has 0 aromatic heterocycles. The smallest absolute Gasteiger partial charge is 0.220 e. The molecule has 3 nitrogen and oxygen atoms in total. The minimum Gasteiger partial charge on any atom is -0.352 e. The van der Waals surface area contributed by atoms with E-state index in [1.54, 1.807) is 0 Å².